The molecule has 3 N–H and O–H groups in total. The van der Waals surface area contributed by atoms with Crippen molar-refractivity contribution >= 4 is 0 Å². The Balaban J connectivity index is 2.20. The molecule has 0 spiro atoms. The van der Waals surface area contributed by atoms with Gasteiger partial charge in [0.15, 0.2) is 0 Å². The Labute approximate surface area is 100 Å². The minimum Gasteiger partial charge on any atom is -0.396 e. The smallest absolute Gasteiger partial charge is 0.0460 e. The Bertz CT molecular complexity index is 193. The second-order valence-electron chi connectivity index (χ2n) is 6.23. The first-order valence-corrected chi connectivity index (χ1v) is 6.52. The predicted octanol–water partition coefficient (Wildman–Crippen LogP) is 1.45. The lowest BCUT2D eigenvalue weighted by atomic mass is 9.85. The van der Waals surface area contributed by atoms with E-state index in [0.29, 0.717) is 12.5 Å². The van der Waals surface area contributed by atoms with Gasteiger partial charge in [0.25, 0.3) is 0 Å². The summed E-state index contributed by atoms with van der Waals surface area (Å²) in [7, 11) is 0. The van der Waals surface area contributed by atoms with Gasteiger partial charge in [0.1, 0.15) is 0 Å². The molecular formula is C13H28N2O. The summed E-state index contributed by atoms with van der Waals surface area (Å²) in [6.07, 6.45) is 3.36. The van der Waals surface area contributed by atoms with Gasteiger partial charge >= 0.3 is 0 Å². The van der Waals surface area contributed by atoms with Gasteiger partial charge in [0.05, 0.1) is 0 Å². The topological polar surface area (TPSA) is 49.5 Å². The zero-order chi connectivity index (χ0) is 12.2. The standard InChI is InChI=1S/C13H28N2O/c1-13(2,3)12(14)6-9-15-7-4-11(10-16)5-8-15/h11-12,16H,4-10,14H2,1-3H3. The van der Waals surface area contributed by atoms with E-state index in [1.54, 1.807) is 0 Å². The van der Waals surface area contributed by atoms with E-state index in [1.165, 1.54) is 0 Å². The third kappa shape index (κ3) is 4.40. The average Bonchev–Trinajstić information content (AvgIpc) is 2.25. The van der Waals surface area contributed by atoms with Gasteiger partial charge in [-0.1, -0.05) is 20.8 Å². The molecule has 16 heavy (non-hydrogen) atoms. The molecular weight excluding hydrogens is 200 g/mol. The van der Waals surface area contributed by atoms with Gasteiger partial charge < -0.3 is 15.7 Å². The van der Waals surface area contributed by atoms with E-state index in [1.807, 2.05) is 0 Å². The lowest BCUT2D eigenvalue weighted by Gasteiger charge is -2.34. The average molecular weight is 228 g/mol. The Morgan fingerprint density at radius 3 is 2.31 bits per heavy atom. The predicted molar refractivity (Wildman–Crippen MR) is 68.3 cm³/mol. The second-order valence-corrected chi connectivity index (χ2v) is 6.23. The van der Waals surface area contributed by atoms with Crippen LogP contribution in [0.2, 0.25) is 0 Å². The minimum absolute atomic E-state index is 0.212. The summed E-state index contributed by atoms with van der Waals surface area (Å²) in [6.45, 7) is 10.3. The summed E-state index contributed by atoms with van der Waals surface area (Å²) in [5.74, 6) is 0.535. The van der Waals surface area contributed by atoms with Crippen LogP contribution in [0.5, 0.6) is 0 Å². The highest BCUT2D eigenvalue weighted by Gasteiger charge is 2.23. The highest BCUT2D eigenvalue weighted by Crippen LogP contribution is 2.21. The summed E-state index contributed by atoms with van der Waals surface area (Å²) < 4.78 is 0. The van der Waals surface area contributed by atoms with Crippen LogP contribution in [0.1, 0.15) is 40.0 Å². The number of rotatable bonds is 4. The summed E-state index contributed by atoms with van der Waals surface area (Å²) in [5, 5.41) is 9.06. The lowest BCUT2D eigenvalue weighted by Crippen LogP contribution is -2.41. The minimum atomic E-state index is 0.212. The third-order valence-corrected chi connectivity index (χ3v) is 3.83. The second kappa shape index (κ2) is 5.99. The number of hydrogen-bond acceptors (Lipinski definition) is 3. The van der Waals surface area contributed by atoms with Crippen LogP contribution >= 0.6 is 0 Å². The van der Waals surface area contributed by atoms with Crippen LogP contribution in [0.15, 0.2) is 0 Å². The molecule has 1 fully saturated rings. The molecule has 1 aliphatic rings. The van der Waals surface area contributed by atoms with Gasteiger partial charge in [-0.05, 0) is 50.2 Å². The van der Waals surface area contributed by atoms with E-state index >= 15 is 0 Å². The lowest BCUT2D eigenvalue weighted by molar-refractivity contribution is 0.125. The fraction of sp³-hybridized carbons (Fsp3) is 1.00. The molecule has 0 aromatic heterocycles. The van der Waals surface area contributed by atoms with Crippen molar-refractivity contribution in [2.75, 3.05) is 26.2 Å². The first-order valence-electron chi connectivity index (χ1n) is 6.52. The van der Waals surface area contributed by atoms with E-state index < -0.39 is 0 Å². The van der Waals surface area contributed by atoms with E-state index in [2.05, 4.69) is 25.7 Å². The first-order chi connectivity index (χ1) is 7.43. The number of likely N-dealkylation sites (tertiary alicyclic amines) is 1. The number of aliphatic hydroxyl groups is 1. The number of hydrogen-bond donors (Lipinski definition) is 2. The molecule has 1 saturated heterocycles. The van der Waals surface area contributed by atoms with Gasteiger partial charge in [0, 0.05) is 12.6 Å². The van der Waals surface area contributed by atoms with Crippen molar-refractivity contribution in [2.24, 2.45) is 17.1 Å². The van der Waals surface area contributed by atoms with Crippen LogP contribution in [0.4, 0.5) is 0 Å². The zero-order valence-corrected chi connectivity index (χ0v) is 11.1. The van der Waals surface area contributed by atoms with Gasteiger partial charge in [-0.3, -0.25) is 0 Å². The monoisotopic (exact) mass is 228 g/mol. The first kappa shape index (κ1) is 13.9. The summed E-state index contributed by atoms with van der Waals surface area (Å²) >= 11 is 0. The molecule has 1 unspecified atom stereocenters. The maximum atomic E-state index is 9.06. The molecule has 0 amide bonds. The third-order valence-electron chi connectivity index (χ3n) is 3.83. The van der Waals surface area contributed by atoms with Crippen LogP contribution in [0.25, 0.3) is 0 Å². The molecule has 0 aromatic rings. The molecule has 1 atom stereocenters. The van der Waals surface area contributed by atoms with Crippen LogP contribution in [-0.4, -0.2) is 42.3 Å². The van der Waals surface area contributed by atoms with Crippen molar-refractivity contribution in [3.05, 3.63) is 0 Å². The molecule has 3 heteroatoms. The maximum Gasteiger partial charge on any atom is 0.0460 e. The fourth-order valence-corrected chi connectivity index (χ4v) is 2.15. The molecule has 1 heterocycles. The molecule has 3 nitrogen and oxygen atoms in total. The molecule has 0 aromatic carbocycles. The van der Waals surface area contributed by atoms with Crippen molar-refractivity contribution in [3.8, 4) is 0 Å². The van der Waals surface area contributed by atoms with Crippen LogP contribution < -0.4 is 5.73 Å². The molecule has 96 valence electrons. The van der Waals surface area contributed by atoms with Crippen LogP contribution in [-0.2, 0) is 0 Å². The summed E-state index contributed by atoms with van der Waals surface area (Å²) in [6, 6.07) is 0.281. The van der Waals surface area contributed by atoms with Crippen molar-refractivity contribution in [2.45, 2.75) is 46.1 Å². The molecule has 1 rings (SSSR count). The van der Waals surface area contributed by atoms with E-state index in [0.717, 1.165) is 38.9 Å². The normalized spacial score (nSPS) is 22.3. The van der Waals surface area contributed by atoms with Crippen molar-refractivity contribution in [1.82, 2.24) is 4.90 Å². The maximum absolute atomic E-state index is 9.06. The van der Waals surface area contributed by atoms with Crippen molar-refractivity contribution in [3.63, 3.8) is 0 Å². The summed E-state index contributed by atoms with van der Waals surface area (Å²) in [5.41, 5.74) is 6.37. The Morgan fingerprint density at radius 1 is 1.31 bits per heavy atom. The van der Waals surface area contributed by atoms with Crippen LogP contribution in [0, 0.1) is 11.3 Å². The van der Waals surface area contributed by atoms with Crippen LogP contribution in [0.3, 0.4) is 0 Å². The number of piperidine rings is 1. The van der Waals surface area contributed by atoms with Gasteiger partial charge in [0.2, 0.25) is 0 Å². The highest BCUT2D eigenvalue weighted by atomic mass is 16.3. The van der Waals surface area contributed by atoms with E-state index in [-0.39, 0.29) is 11.5 Å². The Kier molecular flexibility index (Phi) is 5.22. The highest BCUT2D eigenvalue weighted by molar-refractivity contribution is 4.79. The van der Waals surface area contributed by atoms with Crippen molar-refractivity contribution in [1.29, 1.82) is 0 Å². The largest absolute Gasteiger partial charge is 0.396 e. The Hall–Kier alpha value is -0.120. The molecule has 0 radical (unpaired) electrons. The molecule has 0 saturated carbocycles. The number of nitrogens with two attached hydrogens (primary N) is 1. The van der Waals surface area contributed by atoms with E-state index in [9.17, 15) is 0 Å². The van der Waals surface area contributed by atoms with E-state index in [4.69, 9.17) is 10.8 Å². The summed E-state index contributed by atoms with van der Waals surface area (Å²) in [4.78, 5) is 2.48. The van der Waals surface area contributed by atoms with Gasteiger partial charge in [-0.15, -0.1) is 0 Å². The molecule has 1 aliphatic heterocycles. The SMILES string of the molecule is CC(C)(C)C(N)CCN1CCC(CO)CC1. The number of aliphatic hydroxyl groups excluding tert-OH is 1. The van der Waals surface area contributed by atoms with Gasteiger partial charge in [-0.25, -0.2) is 0 Å². The Morgan fingerprint density at radius 2 is 1.88 bits per heavy atom. The number of nitrogens with zero attached hydrogens (tertiary/aromatic N) is 1. The molecule has 0 bridgehead atoms. The fourth-order valence-electron chi connectivity index (χ4n) is 2.15. The van der Waals surface area contributed by atoms with Gasteiger partial charge in [-0.2, -0.15) is 0 Å². The van der Waals surface area contributed by atoms with Crippen molar-refractivity contribution < 1.29 is 5.11 Å². The molecule has 0 aliphatic carbocycles. The quantitative estimate of drug-likeness (QED) is 0.766. The zero-order valence-electron chi connectivity index (χ0n) is 11.1.